The molecule has 0 saturated heterocycles. The Morgan fingerprint density at radius 1 is 1.13 bits per heavy atom. The van der Waals surface area contributed by atoms with Crippen molar-refractivity contribution in [3.8, 4) is 11.5 Å². The van der Waals surface area contributed by atoms with E-state index in [4.69, 9.17) is 0 Å². The van der Waals surface area contributed by atoms with E-state index in [1.165, 1.54) is 17.6 Å². The van der Waals surface area contributed by atoms with Gasteiger partial charge in [0.1, 0.15) is 11.2 Å². The fourth-order valence-corrected chi connectivity index (χ4v) is 4.35. The van der Waals surface area contributed by atoms with Gasteiger partial charge in [-0.1, -0.05) is 25.6 Å². The van der Waals surface area contributed by atoms with Gasteiger partial charge < -0.3 is 4.57 Å². The Hall–Kier alpha value is -3.27. The topological polar surface area (TPSA) is 77.7 Å². The molecule has 31 heavy (non-hydrogen) atoms. The maximum atomic E-state index is 13.1. The van der Waals surface area contributed by atoms with Crippen LogP contribution in [-0.4, -0.2) is 33.7 Å². The minimum absolute atomic E-state index is 0.00364. The maximum absolute atomic E-state index is 13.1. The molecular weight excluding hydrogens is 429 g/mol. The number of alkyl halides is 3. The number of rotatable bonds is 4. The van der Waals surface area contributed by atoms with Crippen LogP contribution in [0.25, 0.3) is 39.7 Å². The highest BCUT2D eigenvalue weighted by Crippen LogP contribution is 2.34. The molecule has 3 heterocycles. The number of hydrogen-bond donors (Lipinski definition) is 0. The van der Waals surface area contributed by atoms with Crippen molar-refractivity contribution in [2.45, 2.75) is 18.0 Å². The molecule has 10 heteroatoms. The molecule has 0 aliphatic heterocycles. The van der Waals surface area contributed by atoms with Gasteiger partial charge >= 0.3 is 6.18 Å². The van der Waals surface area contributed by atoms with Gasteiger partial charge in [0, 0.05) is 18.6 Å². The van der Waals surface area contributed by atoms with E-state index in [0.717, 1.165) is 17.8 Å². The molecule has 0 atom stereocenters. The number of imidazole rings is 1. The number of aryl methyl sites for hydroxylation is 1. The van der Waals surface area contributed by atoms with Gasteiger partial charge in [-0.05, 0) is 29.8 Å². The third-order valence-corrected chi connectivity index (χ3v) is 6.74. The number of aromatic nitrogens is 4. The summed E-state index contributed by atoms with van der Waals surface area (Å²) < 4.78 is 66.4. The summed E-state index contributed by atoms with van der Waals surface area (Å²) in [7, 11) is -2.16. The summed E-state index contributed by atoms with van der Waals surface area (Å²) in [5, 5.41) is 0.601. The Kier molecular flexibility index (Phi) is 4.84. The largest absolute Gasteiger partial charge is 0.417 e. The molecule has 1 aromatic carbocycles. The first-order valence-corrected chi connectivity index (χ1v) is 10.9. The molecule has 4 aromatic rings. The summed E-state index contributed by atoms with van der Waals surface area (Å²) in [5.41, 5.74) is 0.632. The summed E-state index contributed by atoms with van der Waals surface area (Å²) >= 11 is 0. The Labute approximate surface area is 176 Å². The molecule has 0 fully saturated rings. The minimum atomic E-state index is -4.57. The predicted molar refractivity (Wildman–Crippen MR) is 112 cm³/mol. The lowest BCUT2D eigenvalue weighted by Crippen LogP contribution is -2.09. The van der Waals surface area contributed by atoms with E-state index in [1.54, 1.807) is 31.3 Å². The highest BCUT2D eigenvalue weighted by atomic mass is 32.2. The van der Waals surface area contributed by atoms with E-state index in [0.29, 0.717) is 10.9 Å². The normalized spacial score (nSPS) is 12.5. The summed E-state index contributed by atoms with van der Waals surface area (Å²) in [6.45, 7) is 5.22. The van der Waals surface area contributed by atoms with Crippen LogP contribution in [0.15, 0.2) is 48.0 Å². The van der Waals surface area contributed by atoms with Crippen LogP contribution < -0.4 is 0 Å². The second-order valence-electron chi connectivity index (χ2n) is 6.95. The molecule has 0 aliphatic carbocycles. The first-order chi connectivity index (χ1) is 14.5. The number of halogens is 3. The van der Waals surface area contributed by atoms with Gasteiger partial charge in [-0.2, -0.15) is 13.2 Å². The van der Waals surface area contributed by atoms with E-state index >= 15 is 0 Å². The second-order valence-corrected chi connectivity index (χ2v) is 9.20. The molecule has 0 N–H and O–H groups in total. The van der Waals surface area contributed by atoms with Crippen LogP contribution in [-0.2, 0) is 23.1 Å². The van der Waals surface area contributed by atoms with E-state index in [-0.39, 0.29) is 33.3 Å². The average molecular weight is 446 g/mol. The lowest BCUT2D eigenvalue weighted by molar-refractivity contribution is -0.137. The molecule has 0 unspecified atom stereocenters. The Morgan fingerprint density at radius 3 is 2.52 bits per heavy atom. The van der Waals surface area contributed by atoms with Crippen molar-refractivity contribution in [1.29, 1.82) is 0 Å². The Bertz CT molecular complexity index is 1460. The third-order valence-electron chi connectivity index (χ3n) is 5.00. The van der Waals surface area contributed by atoms with Crippen LogP contribution >= 0.6 is 0 Å². The van der Waals surface area contributed by atoms with Crippen molar-refractivity contribution in [3.05, 3.63) is 54.2 Å². The number of hydrogen-bond acceptors (Lipinski definition) is 5. The smallest absolute Gasteiger partial charge is 0.310 e. The van der Waals surface area contributed by atoms with Crippen molar-refractivity contribution in [2.24, 2.45) is 7.05 Å². The van der Waals surface area contributed by atoms with Crippen molar-refractivity contribution >= 4 is 38.0 Å². The van der Waals surface area contributed by atoms with Gasteiger partial charge in [0.15, 0.2) is 21.3 Å². The highest BCUT2D eigenvalue weighted by Gasteiger charge is 2.32. The molecule has 0 bridgehead atoms. The summed E-state index contributed by atoms with van der Waals surface area (Å²) in [4.78, 5) is 12.6. The van der Waals surface area contributed by atoms with Gasteiger partial charge in [0.25, 0.3) is 0 Å². The minimum Gasteiger partial charge on any atom is -0.310 e. The van der Waals surface area contributed by atoms with E-state index in [9.17, 15) is 21.6 Å². The van der Waals surface area contributed by atoms with Gasteiger partial charge in [0.2, 0.25) is 0 Å². The van der Waals surface area contributed by atoms with Gasteiger partial charge in [0.05, 0.1) is 21.7 Å². The molecule has 0 saturated carbocycles. The van der Waals surface area contributed by atoms with Crippen LogP contribution in [0.2, 0.25) is 0 Å². The highest BCUT2D eigenvalue weighted by molar-refractivity contribution is 7.91. The molecule has 6 nitrogen and oxygen atoms in total. The van der Waals surface area contributed by atoms with Gasteiger partial charge in [-0.15, -0.1) is 0 Å². The maximum Gasteiger partial charge on any atom is 0.417 e. The standard InChI is InChI=1S/C21H17F3N4O2S/c1-4-12-6-7-15-13(8-12)9-17(31(29,30)5-2)18(26-15)20-27-16-10-14(21(22,23)24)11-25-19(16)28(20)3/h4,6-11H,1,5H2,2-3H3. The molecule has 0 amide bonds. The fraction of sp³-hybridized carbons (Fsp3) is 0.190. The number of benzene rings is 1. The average Bonchev–Trinajstić information content (AvgIpc) is 3.07. The summed E-state index contributed by atoms with van der Waals surface area (Å²) in [5.74, 6) is -0.0575. The summed E-state index contributed by atoms with van der Waals surface area (Å²) in [6.07, 6.45) is -2.21. The molecule has 0 radical (unpaired) electrons. The van der Waals surface area contributed by atoms with E-state index < -0.39 is 21.6 Å². The monoisotopic (exact) mass is 446 g/mol. The van der Waals surface area contributed by atoms with Crippen LogP contribution in [0.5, 0.6) is 0 Å². The van der Waals surface area contributed by atoms with Crippen molar-refractivity contribution in [3.63, 3.8) is 0 Å². The zero-order valence-electron chi connectivity index (χ0n) is 16.6. The number of pyridine rings is 2. The lowest BCUT2D eigenvalue weighted by Gasteiger charge is -2.11. The van der Waals surface area contributed by atoms with Crippen LogP contribution in [0, 0.1) is 0 Å². The van der Waals surface area contributed by atoms with Gasteiger partial charge in [-0.3, -0.25) is 0 Å². The molecule has 160 valence electrons. The Morgan fingerprint density at radius 2 is 1.87 bits per heavy atom. The second kappa shape index (κ2) is 7.16. The number of nitrogens with zero attached hydrogens (tertiary/aromatic N) is 4. The van der Waals surface area contributed by atoms with Crippen LogP contribution in [0.1, 0.15) is 18.1 Å². The third kappa shape index (κ3) is 3.56. The van der Waals surface area contributed by atoms with Crippen molar-refractivity contribution < 1.29 is 21.6 Å². The molecule has 4 rings (SSSR count). The van der Waals surface area contributed by atoms with E-state index in [1.807, 2.05) is 0 Å². The first-order valence-electron chi connectivity index (χ1n) is 9.25. The zero-order chi connectivity index (χ0) is 22.6. The molecular formula is C21H17F3N4O2S. The van der Waals surface area contributed by atoms with Crippen LogP contribution in [0.4, 0.5) is 13.2 Å². The quantitative estimate of drug-likeness (QED) is 0.456. The molecule has 0 spiro atoms. The SMILES string of the molecule is C=Cc1ccc2nc(-c3nc4cc(C(F)(F)F)cnc4n3C)c(S(=O)(=O)CC)cc2c1. The lowest BCUT2D eigenvalue weighted by atomic mass is 10.1. The van der Waals surface area contributed by atoms with E-state index in [2.05, 4.69) is 21.5 Å². The van der Waals surface area contributed by atoms with Crippen LogP contribution in [0.3, 0.4) is 0 Å². The zero-order valence-corrected chi connectivity index (χ0v) is 17.4. The number of sulfone groups is 1. The molecule has 0 aliphatic rings. The summed E-state index contributed by atoms with van der Waals surface area (Å²) in [6, 6.07) is 7.67. The van der Waals surface area contributed by atoms with Crippen molar-refractivity contribution in [2.75, 3.05) is 5.75 Å². The Balaban J connectivity index is 2.04. The molecule has 3 aromatic heterocycles. The number of fused-ring (bicyclic) bond motifs is 2. The predicted octanol–water partition coefficient (Wildman–Crippen LogP) is 4.64. The fourth-order valence-electron chi connectivity index (χ4n) is 3.30. The van der Waals surface area contributed by atoms with Gasteiger partial charge in [-0.25, -0.2) is 23.4 Å². The first kappa shape index (κ1) is 21.0. The van der Waals surface area contributed by atoms with Crippen molar-refractivity contribution in [1.82, 2.24) is 19.5 Å².